The van der Waals surface area contributed by atoms with Crippen molar-refractivity contribution < 1.29 is 13.9 Å². The molecule has 1 heterocycles. The molecule has 0 aromatic heterocycles. The molecule has 0 bridgehead atoms. The molecular weight excluding hydrogens is 293 g/mol. The predicted octanol–water partition coefficient (Wildman–Crippen LogP) is 3.44. The van der Waals surface area contributed by atoms with Crippen molar-refractivity contribution in [2.24, 2.45) is 0 Å². The number of carbonyl (C=O) groups excluding carboxylic acids is 1. The fourth-order valence-corrected chi connectivity index (χ4v) is 2.80. The third-order valence-corrected chi connectivity index (χ3v) is 3.95. The zero-order valence-corrected chi connectivity index (χ0v) is 13.2. The number of ether oxygens (including phenoxy) is 1. The van der Waals surface area contributed by atoms with Crippen molar-refractivity contribution in [1.29, 1.82) is 0 Å². The normalized spacial score (nSPS) is 18.9. The Balaban J connectivity index is 1.92. The summed E-state index contributed by atoms with van der Waals surface area (Å²) in [5, 5.41) is 3.09. The topological polar surface area (TPSA) is 38.3 Å². The van der Waals surface area contributed by atoms with Crippen molar-refractivity contribution in [3.63, 3.8) is 0 Å². The Morgan fingerprint density at radius 1 is 1.48 bits per heavy atom. The Morgan fingerprint density at radius 3 is 2.90 bits per heavy atom. The average Bonchev–Trinajstić information content (AvgIpc) is 2.42. The highest BCUT2D eigenvalue weighted by Gasteiger charge is 2.18. The van der Waals surface area contributed by atoms with Gasteiger partial charge in [0.25, 0.3) is 0 Å². The van der Waals surface area contributed by atoms with Gasteiger partial charge < -0.3 is 10.1 Å². The van der Waals surface area contributed by atoms with E-state index in [4.69, 9.17) is 16.3 Å². The van der Waals surface area contributed by atoms with E-state index in [0.29, 0.717) is 12.2 Å². The highest BCUT2D eigenvalue weighted by atomic mass is 35.5. The monoisotopic (exact) mass is 313 g/mol. The lowest BCUT2D eigenvalue weighted by atomic mass is 9.97. The van der Waals surface area contributed by atoms with Crippen LogP contribution in [0.1, 0.15) is 43.7 Å². The maximum absolute atomic E-state index is 13.9. The number of halogens is 2. The largest absolute Gasteiger partial charge is 0.370 e. The van der Waals surface area contributed by atoms with Gasteiger partial charge >= 0.3 is 0 Å². The smallest absolute Gasteiger partial charge is 0.246 e. The van der Waals surface area contributed by atoms with Gasteiger partial charge in [0.15, 0.2) is 0 Å². The lowest BCUT2D eigenvalue weighted by Gasteiger charge is -2.23. The first kappa shape index (κ1) is 16.2. The molecule has 5 heteroatoms. The second kappa shape index (κ2) is 7.23. The summed E-state index contributed by atoms with van der Waals surface area (Å²) in [6.07, 6.45) is 2.55. The molecule has 2 rings (SSSR count). The van der Waals surface area contributed by atoms with Crippen LogP contribution in [-0.4, -0.2) is 25.2 Å². The molecule has 1 aromatic rings. The summed E-state index contributed by atoms with van der Waals surface area (Å²) in [4.78, 5) is 11.2. The summed E-state index contributed by atoms with van der Waals surface area (Å²) in [7, 11) is 0. The molecule has 0 aliphatic carbocycles. The van der Waals surface area contributed by atoms with Crippen LogP contribution in [-0.2, 0) is 16.0 Å². The molecule has 3 nitrogen and oxygen atoms in total. The number of carbonyl (C=O) groups is 1. The summed E-state index contributed by atoms with van der Waals surface area (Å²) in [6, 6.07) is 3.66. The van der Waals surface area contributed by atoms with Gasteiger partial charge in [0.05, 0.1) is 17.7 Å². The molecule has 1 N–H and O–H groups in total. The Hall–Kier alpha value is -1.13. The van der Waals surface area contributed by atoms with Gasteiger partial charge in [0.2, 0.25) is 5.91 Å². The lowest BCUT2D eigenvalue weighted by Crippen LogP contribution is -2.45. The number of aryl methyl sites for hydroxylation is 1. The van der Waals surface area contributed by atoms with Gasteiger partial charge in [0, 0.05) is 0 Å². The lowest BCUT2D eigenvalue weighted by molar-refractivity contribution is -0.131. The van der Waals surface area contributed by atoms with E-state index in [1.165, 1.54) is 0 Å². The van der Waals surface area contributed by atoms with Crippen LogP contribution in [0, 0.1) is 5.82 Å². The molecule has 1 atom stereocenters. The second-order valence-electron chi connectivity index (χ2n) is 5.81. The van der Waals surface area contributed by atoms with Crippen LogP contribution >= 0.6 is 11.6 Å². The molecule has 1 amide bonds. The minimum absolute atomic E-state index is 0.0572. The third kappa shape index (κ3) is 4.42. The van der Waals surface area contributed by atoms with Crippen LogP contribution in [0.4, 0.5) is 4.39 Å². The zero-order valence-electron chi connectivity index (χ0n) is 12.4. The van der Waals surface area contributed by atoms with Crippen LogP contribution in [0.2, 0.25) is 5.02 Å². The third-order valence-electron chi connectivity index (χ3n) is 3.67. The van der Waals surface area contributed by atoms with Crippen molar-refractivity contribution in [3.05, 3.63) is 34.1 Å². The summed E-state index contributed by atoms with van der Waals surface area (Å²) in [5.74, 6) is -0.269. The van der Waals surface area contributed by atoms with E-state index >= 15 is 0 Å². The molecular formula is C16H21ClFNO2. The van der Waals surface area contributed by atoms with E-state index in [9.17, 15) is 9.18 Å². The second-order valence-corrected chi connectivity index (χ2v) is 6.21. The quantitative estimate of drug-likeness (QED) is 0.904. The van der Waals surface area contributed by atoms with E-state index in [0.717, 1.165) is 24.8 Å². The van der Waals surface area contributed by atoms with Gasteiger partial charge in [-0.25, -0.2) is 4.39 Å². The van der Waals surface area contributed by atoms with Crippen molar-refractivity contribution in [2.75, 3.05) is 13.2 Å². The average molecular weight is 314 g/mol. The molecule has 116 valence electrons. The first-order chi connectivity index (χ1) is 9.97. The number of morpholine rings is 1. The number of hydrogen-bond donors (Lipinski definition) is 1. The highest BCUT2D eigenvalue weighted by molar-refractivity contribution is 6.30. The molecule has 0 unspecified atom stereocenters. The summed E-state index contributed by atoms with van der Waals surface area (Å²) >= 11 is 5.96. The Bertz CT molecular complexity index is 519. The summed E-state index contributed by atoms with van der Waals surface area (Å²) in [5.41, 5.74) is 1.69. The summed E-state index contributed by atoms with van der Waals surface area (Å²) < 4.78 is 19.1. The Kier molecular flexibility index (Phi) is 5.59. The Morgan fingerprint density at radius 2 is 2.24 bits per heavy atom. The van der Waals surface area contributed by atoms with Crippen LogP contribution in [0.3, 0.4) is 0 Å². The van der Waals surface area contributed by atoms with Crippen LogP contribution in [0.25, 0.3) is 0 Å². The fraction of sp³-hybridized carbons (Fsp3) is 0.562. The van der Waals surface area contributed by atoms with Gasteiger partial charge in [-0.1, -0.05) is 31.5 Å². The maximum atomic E-state index is 13.9. The van der Waals surface area contributed by atoms with E-state index in [1.807, 2.05) is 19.9 Å². The number of benzene rings is 1. The number of nitrogens with one attached hydrogen (secondary N) is 1. The van der Waals surface area contributed by atoms with Gasteiger partial charge in [-0.2, -0.15) is 0 Å². The number of hydrogen-bond acceptors (Lipinski definition) is 2. The van der Waals surface area contributed by atoms with E-state index in [1.54, 1.807) is 6.07 Å². The molecule has 21 heavy (non-hydrogen) atoms. The van der Waals surface area contributed by atoms with Gasteiger partial charge in [0.1, 0.15) is 12.4 Å². The SMILES string of the molecule is CC(C)c1cc(CCC[C@@H]2COCC(=O)N2)cc(Cl)c1F. The predicted molar refractivity (Wildman–Crippen MR) is 81.2 cm³/mol. The van der Waals surface area contributed by atoms with Crippen LogP contribution in [0.15, 0.2) is 12.1 Å². The fourth-order valence-electron chi connectivity index (χ4n) is 2.55. The van der Waals surface area contributed by atoms with E-state index < -0.39 is 0 Å². The first-order valence-electron chi connectivity index (χ1n) is 7.32. The molecule has 0 radical (unpaired) electrons. The summed E-state index contributed by atoms with van der Waals surface area (Å²) in [6.45, 7) is 4.62. The Labute approximate surface area is 129 Å². The van der Waals surface area contributed by atoms with Gasteiger partial charge in [-0.3, -0.25) is 4.79 Å². The standard InChI is InChI=1S/C16H21ClFNO2/c1-10(2)13-6-11(7-14(17)16(13)18)4-3-5-12-8-21-9-15(20)19-12/h6-7,10,12H,3-5,8-9H2,1-2H3,(H,19,20)/t12-/m1/s1. The van der Waals surface area contributed by atoms with Crippen molar-refractivity contribution in [3.8, 4) is 0 Å². The minimum atomic E-state index is -0.316. The minimum Gasteiger partial charge on any atom is -0.370 e. The maximum Gasteiger partial charge on any atom is 0.246 e. The van der Waals surface area contributed by atoms with Crippen LogP contribution < -0.4 is 5.32 Å². The van der Waals surface area contributed by atoms with Gasteiger partial charge in [-0.05, 0) is 42.4 Å². The molecule has 1 aliphatic heterocycles. The van der Waals surface area contributed by atoms with E-state index in [-0.39, 0.29) is 35.3 Å². The number of amides is 1. The molecule has 1 fully saturated rings. The number of rotatable bonds is 5. The van der Waals surface area contributed by atoms with Crippen molar-refractivity contribution >= 4 is 17.5 Å². The van der Waals surface area contributed by atoms with Crippen LogP contribution in [0.5, 0.6) is 0 Å². The highest BCUT2D eigenvalue weighted by Crippen LogP contribution is 2.27. The molecule has 1 aromatic carbocycles. The van der Waals surface area contributed by atoms with Gasteiger partial charge in [-0.15, -0.1) is 0 Å². The molecule has 0 saturated carbocycles. The molecule has 1 saturated heterocycles. The first-order valence-corrected chi connectivity index (χ1v) is 7.70. The molecule has 0 spiro atoms. The zero-order chi connectivity index (χ0) is 15.4. The van der Waals surface area contributed by atoms with Crippen molar-refractivity contribution in [1.82, 2.24) is 5.32 Å². The van der Waals surface area contributed by atoms with Crippen molar-refractivity contribution in [2.45, 2.75) is 45.1 Å². The van der Waals surface area contributed by atoms with E-state index in [2.05, 4.69) is 5.32 Å². The molecule has 1 aliphatic rings.